The summed E-state index contributed by atoms with van der Waals surface area (Å²) in [6.07, 6.45) is 1.84. The molecule has 1 aliphatic rings. The van der Waals surface area contributed by atoms with Crippen LogP contribution in [0.5, 0.6) is 0 Å². The molecule has 122 valence electrons. The van der Waals surface area contributed by atoms with Crippen LogP contribution in [0.25, 0.3) is 0 Å². The van der Waals surface area contributed by atoms with Crippen LogP contribution in [-0.2, 0) is 4.99 Å². The van der Waals surface area contributed by atoms with Gasteiger partial charge in [-0.05, 0) is 43.3 Å². The molecule has 24 heavy (non-hydrogen) atoms. The quantitative estimate of drug-likeness (QED) is 0.330. The molecule has 1 heterocycles. The molecule has 0 aromatic heterocycles. The lowest BCUT2D eigenvalue weighted by Gasteiger charge is -2.14. The Morgan fingerprint density at radius 1 is 1.08 bits per heavy atom. The standard InChI is InChI=1S/C17H16N4O2S/c1-12-16(11-18-13-7-9-14(10-8-13)20-23-22)17(24)21(19-12)15-5-3-2-4-6-15/h2-11,18,20,22H,1H3/b16-11+. The van der Waals surface area contributed by atoms with Crippen LogP contribution in [0.1, 0.15) is 6.92 Å². The van der Waals surface area contributed by atoms with Crippen LogP contribution >= 0.6 is 12.2 Å². The highest BCUT2D eigenvalue weighted by Gasteiger charge is 2.24. The molecule has 2 aromatic rings. The van der Waals surface area contributed by atoms with E-state index in [1.165, 1.54) is 0 Å². The second-order valence-electron chi connectivity index (χ2n) is 5.11. The summed E-state index contributed by atoms with van der Waals surface area (Å²) in [5, 5.41) is 17.8. The van der Waals surface area contributed by atoms with Gasteiger partial charge in [-0.3, -0.25) is 0 Å². The molecule has 2 aromatic carbocycles. The smallest absolute Gasteiger partial charge is 0.138 e. The molecule has 0 saturated carbocycles. The molecule has 0 bridgehead atoms. The van der Waals surface area contributed by atoms with Gasteiger partial charge in [0.05, 0.1) is 22.7 Å². The summed E-state index contributed by atoms with van der Waals surface area (Å²) in [5.41, 5.74) is 6.50. The van der Waals surface area contributed by atoms with Crippen molar-refractivity contribution in [1.82, 2.24) is 0 Å². The Morgan fingerprint density at radius 3 is 2.42 bits per heavy atom. The van der Waals surface area contributed by atoms with E-state index < -0.39 is 0 Å². The summed E-state index contributed by atoms with van der Waals surface area (Å²) < 4.78 is 0. The molecule has 0 aliphatic carbocycles. The molecule has 0 unspecified atom stereocenters. The minimum atomic E-state index is 0.639. The lowest BCUT2D eigenvalue weighted by atomic mass is 10.2. The van der Waals surface area contributed by atoms with E-state index in [0.717, 1.165) is 22.7 Å². The van der Waals surface area contributed by atoms with Crippen molar-refractivity contribution in [1.29, 1.82) is 0 Å². The molecule has 0 fully saturated rings. The zero-order valence-corrected chi connectivity index (χ0v) is 13.7. The Kier molecular flexibility index (Phi) is 4.85. The van der Waals surface area contributed by atoms with E-state index in [1.54, 1.807) is 17.1 Å². The third-order valence-corrected chi connectivity index (χ3v) is 3.89. The fourth-order valence-electron chi connectivity index (χ4n) is 2.27. The van der Waals surface area contributed by atoms with Gasteiger partial charge in [0.15, 0.2) is 0 Å². The molecule has 0 spiro atoms. The Morgan fingerprint density at radius 2 is 1.75 bits per heavy atom. The van der Waals surface area contributed by atoms with Crippen molar-refractivity contribution in [2.45, 2.75) is 6.92 Å². The third-order valence-electron chi connectivity index (χ3n) is 3.49. The first-order valence-electron chi connectivity index (χ1n) is 7.27. The molecule has 6 nitrogen and oxygen atoms in total. The second-order valence-corrected chi connectivity index (χ2v) is 5.50. The van der Waals surface area contributed by atoms with Gasteiger partial charge in [0.1, 0.15) is 4.99 Å². The molecule has 7 heteroatoms. The van der Waals surface area contributed by atoms with Gasteiger partial charge >= 0.3 is 0 Å². The highest BCUT2D eigenvalue weighted by Crippen LogP contribution is 2.24. The van der Waals surface area contributed by atoms with Crippen LogP contribution in [0.3, 0.4) is 0 Å². The number of rotatable bonds is 5. The van der Waals surface area contributed by atoms with Crippen molar-refractivity contribution >= 4 is 40.0 Å². The van der Waals surface area contributed by atoms with Crippen LogP contribution in [0.15, 0.2) is 71.5 Å². The number of hydrazone groups is 1. The summed E-state index contributed by atoms with van der Waals surface area (Å²) in [4.78, 5) is 4.52. The number of hydrogen-bond donors (Lipinski definition) is 3. The van der Waals surface area contributed by atoms with E-state index in [2.05, 4.69) is 20.9 Å². The Bertz CT molecular complexity index is 788. The van der Waals surface area contributed by atoms with E-state index >= 15 is 0 Å². The van der Waals surface area contributed by atoms with Crippen molar-refractivity contribution in [2.75, 3.05) is 15.8 Å². The van der Waals surface area contributed by atoms with E-state index in [9.17, 15) is 0 Å². The van der Waals surface area contributed by atoms with E-state index in [1.807, 2.05) is 55.6 Å². The van der Waals surface area contributed by atoms with Crippen molar-refractivity contribution in [3.63, 3.8) is 0 Å². The van der Waals surface area contributed by atoms with Crippen molar-refractivity contribution in [3.8, 4) is 0 Å². The van der Waals surface area contributed by atoms with Gasteiger partial charge < -0.3 is 5.32 Å². The molecular weight excluding hydrogens is 324 g/mol. The summed E-state index contributed by atoms with van der Waals surface area (Å²) in [6.45, 7) is 1.92. The van der Waals surface area contributed by atoms with Gasteiger partial charge in [-0.15, -0.1) is 4.99 Å². The van der Waals surface area contributed by atoms with Crippen molar-refractivity contribution in [3.05, 3.63) is 66.4 Å². The van der Waals surface area contributed by atoms with Gasteiger partial charge in [-0.25, -0.2) is 15.7 Å². The Labute approximate surface area is 144 Å². The SMILES string of the molecule is CC1=NN(c2ccccc2)C(=S)/C1=C/Nc1ccc(NOO)cc1. The summed E-state index contributed by atoms with van der Waals surface area (Å²) >= 11 is 5.54. The van der Waals surface area contributed by atoms with E-state index in [0.29, 0.717) is 10.7 Å². The molecule has 0 saturated heterocycles. The number of nitrogens with zero attached hydrogens (tertiary/aromatic N) is 2. The van der Waals surface area contributed by atoms with Gasteiger partial charge in [0.25, 0.3) is 0 Å². The number of anilines is 3. The lowest BCUT2D eigenvalue weighted by molar-refractivity contribution is -0.215. The average molecular weight is 340 g/mol. The Balaban J connectivity index is 1.74. The van der Waals surface area contributed by atoms with Crippen LogP contribution in [0.4, 0.5) is 17.1 Å². The Hall–Kier alpha value is -2.74. The van der Waals surface area contributed by atoms with E-state index in [-0.39, 0.29) is 0 Å². The fraction of sp³-hybridized carbons (Fsp3) is 0.0588. The number of hydrogen-bond acceptors (Lipinski definition) is 6. The fourth-order valence-corrected chi connectivity index (χ4v) is 2.62. The second kappa shape index (κ2) is 7.22. The topological polar surface area (TPSA) is 69.1 Å². The molecule has 3 rings (SSSR count). The summed E-state index contributed by atoms with van der Waals surface area (Å²) in [7, 11) is 0. The number of para-hydroxylation sites is 1. The predicted octanol–water partition coefficient (Wildman–Crippen LogP) is 4.02. The first-order chi connectivity index (χ1) is 11.7. The zero-order valence-electron chi connectivity index (χ0n) is 12.9. The minimum Gasteiger partial charge on any atom is -0.361 e. The normalized spacial score (nSPS) is 15.6. The zero-order chi connectivity index (χ0) is 16.9. The molecule has 1 aliphatic heterocycles. The summed E-state index contributed by atoms with van der Waals surface area (Å²) in [6, 6.07) is 17.0. The van der Waals surface area contributed by atoms with Crippen LogP contribution in [0.2, 0.25) is 0 Å². The summed E-state index contributed by atoms with van der Waals surface area (Å²) in [5.74, 6) is 0. The largest absolute Gasteiger partial charge is 0.361 e. The van der Waals surface area contributed by atoms with E-state index in [4.69, 9.17) is 17.5 Å². The van der Waals surface area contributed by atoms with Crippen LogP contribution in [0, 0.1) is 0 Å². The molecule has 0 radical (unpaired) electrons. The highest BCUT2D eigenvalue weighted by molar-refractivity contribution is 7.81. The van der Waals surface area contributed by atoms with Gasteiger partial charge in [0.2, 0.25) is 0 Å². The van der Waals surface area contributed by atoms with Crippen LogP contribution < -0.4 is 15.8 Å². The van der Waals surface area contributed by atoms with Crippen molar-refractivity contribution in [2.24, 2.45) is 5.10 Å². The van der Waals surface area contributed by atoms with Gasteiger partial charge in [0, 0.05) is 11.9 Å². The van der Waals surface area contributed by atoms with Gasteiger partial charge in [-0.1, -0.05) is 30.4 Å². The van der Waals surface area contributed by atoms with Crippen LogP contribution in [-0.4, -0.2) is 16.0 Å². The molecule has 0 atom stereocenters. The highest BCUT2D eigenvalue weighted by atomic mass is 32.1. The first kappa shape index (κ1) is 16.1. The molecule has 0 amide bonds. The lowest BCUT2D eigenvalue weighted by Crippen LogP contribution is -2.19. The monoisotopic (exact) mass is 340 g/mol. The molecule has 3 N–H and O–H groups in total. The predicted molar refractivity (Wildman–Crippen MR) is 100 cm³/mol. The van der Waals surface area contributed by atoms with Gasteiger partial charge in [-0.2, -0.15) is 5.10 Å². The molecular formula is C17H16N4O2S. The third kappa shape index (κ3) is 3.43. The minimum absolute atomic E-state index is 0.639. The maximum atomic E-state index is 8.34. The number of benzene rings is 2. The number of thiocarbonyl (C=S) groups is 1. The maximum Gasteiger partial charge on any atom is 0.138 e. The first-order valence-corrected chi connectivity index (χ1v) is 7.68. The maximum absolute atomic E-state index is 8.34. The van der Waals surface area contributed by atoms with Crippen molar-refractivity contribution < 1.29 is 10.2 Å². The average Bonchev–Trinajstić information content (AvgIpc) is 2.90. The number of nitrogens with one attached hydrogen (secondary N) is 2.